The maximum atomic E-state index is 11.8. The molecule has 0 unspecified atom stereocenters. The second-order valence-electron chi connectivity index (χ2n) is 7.64. The summed E-state index contributed by atoms with van der Waals surface area (Å²) in [6.45, 7) is 1.01. The number of aliphatic carboxylic acids is 4. The number of aldehydes is 1. The van der Waals surface area contributed by atoms with Crippen LogP contribution < -0.4 is 0 Å². The normalized spacial score (nSPS) is 19.4. The predicted molar refractivity (Wildman–Crippen MR) is 111 cm³/mol. The third kappa shape index (κ3) is 11.1. The first-order chi connectivity index (χ1) is 15.1. The number of hydrogen-bond donors (Lipinski definition) is 4. The molecule has 1 aliphatic heterocycles. The molecule has 4 N–H and O–H groups in total. The third-order valence-electron chi connectivity index (χ3n) is 5.23. The molecule has 1 rings (SSSR count). The first kappa shape index (κ1) is 27.4. The number of carbonyl (C=O) groups is 5. The minimum atomic E-state index is -1.11. The van der Waals surface area contributed by atoms with Crippen molar-refractivity contribution in [1.82, 2.24) is 19.6 Å². The molecular formula is C19H32N4O9. The molecule has 1 fully saturated rings. The highest BCUT2D eigenvalue weighted by Crippen LogP contribution is 2.09. The van der Waals surface area contributed by atoms with Gasteiger partial charge < -0.3 is 25.2 Å². The van der Waals surface area contributed by atoms with E-state index in [0.29, 0.717) is 6.29 Å². The lowest BCUT2D eigenvalue weighted by atomic mass is 10.1. The van der Waals surface area contributed by atoms with Gasteiger partial charge in [-0.3, -0.25) is 38.8 Å². The Bertz CT molecular complexity index is 629. The van der Waals surface area contributed by atoms with Gasteiger partial charge in [0.05, 0.1) is 19.6 Å². The van der Waals surface area contributed by atoms with Crippen molar-refractivity contribution in [3.63, 3.8) is 0 Å². The van der Waals surface area contributed by atoms with Crippen molar-refractivity contribution >= 4 is 30.2 Å². The van der Waals surface area contributed by atoms with E-state index < -0.39 is 29.9 Å². The summed E-state index contributed by atoms with van der Waals surface area (Å²) >= 11 is 0. The van der Waals surface area contributed by atoms with Crippen LogP contribution in [0.15, 0.2) is 0 Å². The molecule has 1 aliphatic rings. The van der Waals surface area contributed by atoms with E-state index in [-0.39, 0.29) is 84.8 Å². The fourth-order valence-corrected chi connectivity index (χ4v) is 3.60. The van der Waals surface area contributed by atoms with E-state index in [1.807, 2.05) is 0 Å². The zero-order valence-electron chi connectivity index (χ0n) is 18.0. The molecule has 0 radical (unpaired) electrons. The average Bonchev–Trinajstić information content (AvgIpc) is 2.68. The molecule has 1 heterocycles. The van der Waals surface area contributed by atoms with Gasteiger partial charge in [-0.2, -0.15) is 0 Å². The molecule has 0 spiro atoms. The van der Waals surface area contributed by atoms with Crippen LogP contribution in [0.4, 0.5) is 0 Å². The molecule has 13 nitrogen and oxygen atoms in total. The SMILES string of the molecule is O=CCC[C@@H](C(=O)O)N1CCN(CC(=O)O)CCN(CC(=O)O)CCN(CC(=O)O)CC1. The van der Waals surface area contributed by atoms with E-state index in [1.165, 1.54) is 0 Å². The Morgan fingerprint density at radius 3 is 1.28 bits per heavy atom. The van der Waals surface area contributed by atoms with Crippen LogP contribution in [0.5, 0.6) is 0 Å². The molecule has 0 bridgehead atoms. The Morgan fingerprint density at radius 1 is 0.656 bits per heavy atom. The zero-order chi connectivity index (χ0) is 24.1. The van der Waals surface area contributed by atoms with E-state index in [4.69, 9.17) is 5.11 Å². The van der Waals surface area contributed by atoms with E-state index >= 15 is 0 Å². The highest BCUT2D eigenvalue weighted by atomic mass is 16.4. The summed E-state index contributed by atoms with van der Waals surface area (Å²) in [5, 5.41) is 37.2. The lowest BCUT2D eigenvalue weighted by Crippen LogP contribution is -2.51. The van der Waals surface area contributed by atoms with Crippen molar-refractivity contribution in [2.75, 3.05) is 72.0 Å². The van der Waals surface area contributed by atoms with Crippen LogP contribution >= 0.6 is 0 Å². The van der Waals surface area contributed by atoms with Gasteiger partial charge in [-0.1, -0.05) is 0 Å². The average molecular weight is 460 g/mol. The molecular weight excluding hydrogens is 428 g/mol. The molecule has 1 atom stereocenters. The summed E-state index contributed by atoms with van der Waals surface area (Å²) < 4.78 is 0. The van der Waals surface area contributed by atoms with Gasteiger partial charge in [0.25, 0.3) is 0 Å². The van der Waals surface area contributed by atoms with Crippen LogP contribution in [0.3, 0.4) is 0 Å². The van der Waals surface area contributed by atoms with Gasteiger partial charge >= 0.3 is 23.9 Å². The Kier molecular flexibility index (Phi) is 12.4. The molecule has 0 aromatic rings. The third-order valence-corrected chi connectivity index (χ3v) is 5.23. The summed E-state index contributed by atoms with van der Waals surface area (Å²) in [5.74, 6) is -4.27. The van der Waals surface area contributed by atoms with Gasteiger partial charge in [0.2, 0.25) is 0 Å². The Hall–Kier alpha value is -2.61. The number of nitrogens with zero attached hydrogens (tertiary/aromatic N) is 4. The maximum absolute atomic E-state index is 11.8. The van der Waals surface area contributed by atoms with Crippen molar-refractivity contribution in [3.8, 4) is 0 Å². The van der Waals surface area contributed by atoms with Gasteiger partial charge in [-0.15, -0.1) is 0 Å². The van der Waals surface area contributed by atoms with Gasteiger partial charge in [-0.25, -0.2) is 0 Å². The molecule has 0 aromatic heterocycles. The van der Waals surface area contributed by atoms with Gasteiger partial charge in [0.15, 0.2) is 0 Å². The molecule has 0 saturated carbocycles. The van der Waals surface area contributed by atoms with Crippen molar-refractivity contribution in [2.24, 2.45) is 0 Å². The van der Waals surface area contributed by atoms with Crippen LogP contribution in [0.1, 0.15) is 12.8 Å². The van der Waals surface area contributed by atoms with Crippen molar-refractivity contribution in [2.45, 2.75) is 18.9 Å². The van der Waals surface area contributed by atoms with Crippen molar-refractivity contribution in [3.05, 3.63) is 0 Å². The zero-order valence-corrected chi connectivity index (χ0v) is 18.0. The Labute approximate surface area is 185 Å². The monoisotopic (exact) mass is 460 g/mol. The minimum Gasteiger partial charge on any atom is -0.480 e. The summed E-state index contributed by atoms with van der Waals surface area (Å²) in [7, 11) is 0. The molecule has 1 saturated heterocycles. The smallest absolute Gasteiger partial charge is 0.320 e. The summed E-state index contributed by atoms with van der Waals surface area (Å²) in [5.41, 5.74) is 0. The highest BCUT2D eigenvalue weighted by molar-refractivity contribution is 5.74. The van der Waals surface area contributed by atoms with E-state index in [9.17, 15) is 39.3 Å². The fourth-order valence-electron chi connectivity index (χ4n) is 3.60. The quantitative estimate of drug-likeness (QED) is 0.246. The number of carboxylic acid groups (broad SMARTS) is 4. The second-order valence-corrected chi connectivity index (χ2v) is 7.64. The minimum absolute atomic E-state index is 0.0509. The van der Waals surface area contributed by atoms with E-state index in [0.717, 1.165) is 0 Å². The first-order valence-electron chi connectivity index (χ1n) is 10.3. The fraction of sp³-hybridized carbons (Fsp3) is 0.737. The standard InChI is InChI=1S/C19H32N4O9/c24-11-1-2-15(19(31)32)23-9-7-21(13-17(27)28)5-3-20(12-16(25)26)4-6-22(8-10-23)14-18(29)30/h11,15H,1-10,12-14H2,(H,25,26)(H,27,28)(H,29,30)(H,31,32)/t15-/m0/s1. The van der Waals surface area contributed by atoms with Gasteiger partial charge in [-0.05, 0) is 6.42 Å². The molecule has 32 heavy (non-hydrogen) atoms. The summed E-state index contributed by atoms with van der Waals surface area (Å²) in [6.07, 6.45) is 0.773. The van der Waals surface area contributed by atoms with Gasteiger partial charge in [0.1, 0.15) is 12.3 Å². The lowest BCUT2D eigenvalue weighted by Gasteiger charge is -2.35. The molecule has 13 heteroatoms. The van der Waals surface area contributed by atoms with Crippen LogP contribution in [0.25, 0.3) is 0 Å². The Balaban J connectivity index is 3.09. The first-order valence-corrected chi connectivity index (χ1v) is 10.3. The van der Waals surface area contributed by atoms with Crippen molar-refractivity contribution in [1.29, 1.82) is 0 Å². The Morgan fingerprint density at radius 2 is 1.00 bits per heavy atom. The van der Waals surface area contributed by atoms with E-state index in [1.54, 1.807) is 19.6 Å². The summed E-state index contributed by atoms with van der Waals surface area (Å²) in [4.78, 5) is 62.7. The molecule has 0 amide bonds. The van der Waals surface area contributed by atoms with Crippen LogP contribution in [0.2, 0.25) is 0 Å². The highest BCUT2D eigenvalue weighted by Gasteiger charge is 2.27. The van der Waals surface area contributed by atoms with E-state index in [2.05, 4.69) is 0 Å². The number of hydrogen-bond acceptors (Lipinski definition) is 9. The summed E-state index contributed by atoms with van der Waals surface area (Å²) in [6, 6.07) is -0.968. The van der Waals surface area contributed by atoms with Crippen LogP contribution in [-0.4, -0.2) is 148 Å². The largest absolute Gasteiger partial charge is 0.480 e. The predicted octanol–water partition coefficient (Wildman–Crippen LogP) is -2.11. The van der Waals surface area contributed by atoms with Gasteiger partial charge in [0, 0.05) is 58.8 Å². The lowest BCUT2D eigenvalue weighted by molar-refractivity contribution is -0.145. The van der Waals surface area contributed by atoms with Crippen LogP contribution in [0, 0.1) is 0 Å². The number of carbonyl (C=O) groups excluding carboxylic acids is 1. The molecule has 0 aromatic carbocycles. The van der Waals surface area contributed by atoms with Crippen molar-refractivity contribution < 1.29 is 44.4 Å². The number of carboxylic acids is 4. The molecule has 182 valence electrons. The topological polar surface area (TPSA) is 179 Å². The second kappa shape index (κ2) is 14.5. The number of rotatable bonds is 11. The maximum Gasteiger partial charge on any atom is 0.320 e. The molecule has 0 aliphatic carbocycles. The van der Waals surface area contributed by atoms with Crippen LogP contribution in [-0.2, 0) is 24.0 Å².